The summed E-state index contributed by atoms with van der Waals surface area (Å²) in [6.45, 7) is 2.78. The number of pyridine rings is 1. The van der Waals surface area contributed by atoms with E-state index in [4.69, 9.17) is 4.52 Å². The molecule has 0 radical (unpaired) electrons. The summed E-state index contributed by atoms with van der Waals surface area (Å²) >= 11 is 0. The van der Waals surface area contributed by atoms with Crippen LogP contribution in [0.1, 0.15) is 18.5 Å². The zero-order chi connectivity index (χ0) is 14.4. The highest BCUT2D eigenvalue weighted by atomic mass is 19.1. The minimum atomic E-state index is -0.426. The van der Waals surface area contributed by atoms with Crippen LogP contribution in [0.4, 0.5) is 4.39 Å². The Hall–Kier alpha value is -2.21. The van der Waals surface area contributed by atoms with Crippen LogP contribution < -0.4 is 5.56 Å². The van der Waals surface area contributed by atoms with Gasteiger partial charge in [0.05, 0.1) is 10.8 Å². The van der Waals surface area contributed by atoms with Crippen molar-refractivity contribution in [2.24, 2.45) is 0 Å². The first-order valence-electron chi connectivity index (χ1n) is 7.04. The lowest BCUT2D eigenvalue weighted by molar-refractivity contribution is 0.317. The van der Waals surface area contributed by atoms with Crippen LogP contribution in [-0.2, 0) is 6.54 Å². The minimum Gasteiger partial charge on any atom is -0.337 e. The monoisotopic (exact) mass is 287 g/mol. The van der Waals surface area contributed by atoms with Crippen LogP contribution in [0.25, 0.3) is 21.9 Å². The highest BCUT2D eigenvalue weighted by Crippen LogP contribution is 2.26. The lowest BCUT2D eigenvalue weighted by Crippen LogP contribution is -2.18. The molecule has 21 heavy (non-hydrogen) atoms. The Bertz CT molecular complexity index is 878. The average Bonchev–Trinajstić information content (AvgIpc) is 3.10. The van der Waals surface area contributed by atoms with Crippen molar-refractivity contribution >= 4 is 21.9 Å². The molecule has 0 bridgehead atoms. The van der Waals surface area contributed by atoms with Crippen molar-refractivity contribution in [3.05, 3.63) is 40.1 Å². The molecule has 1 aliphatic rings. The molecule has 0 saturated carbocycles. The number of aromatic nitrogens is 2. The van der Waals surface area contributed by atoms with Crippen LogP contribution >= 0.6 is 0 Å². The molecule has 1 N–H and O–H groups in total. The molecule has 2 aromatic heterocycles. The number of nitrogens with one attached hydrogen (secondary N) is 1. The molecule has 0 aliphatic carbocycles. The fraction of sp³-hybridized carbons (Fsp3) is 0.333. The Morgan fingerprint density at radius 2 is 2.10 bits per heavy atom. The van der Waals surface area contributed by atoms with E-state index in [0.29, 0.717) is 23.0 Å². The molecule has 1 aromatic carbocycles. The van der Waals surface area contributed by atoms with Gasteiger partial charge in [-0.1, -0.05) is 11.2 Å². The van der Waals surface area contributed by atoms with E-state index in [1.807, 2.05) is 0 Å². The number of hydrogen-bond acceptors (Lipinski definition) is 4. The number of aromatic amines is 1. The molecule has 1 fully saturated rings. The molecule has 3 heterocycles. The molecule has 0 spiro atoms. The van der Waals surface area contributed by atoms with Crippen molar-refractivity contribution in [2.45, 2.75) is 19.4 Å². The average molecular weight is 287 g/mol. The molecule has 0 amide bonds. The third-order valence-electron chi connectivity index (χ3n) is 4.06. The largest absolute Gasteiger partial charge is 0.337 e. The van der Waals surface area contributed by atoms with Gasteiger partial charge in [0.25, 0.3) is 5.56 Å². The summed E-state index contributed by atoms with van der Waals surface area (Å²) in [7, 11) is 0. The Kier molecular flexibility index (Phi) is 2.78. The van der Waals surface area contributed by atoms with Gasteiger partial charge in [0.15, 0.2) is 0 Å². The van der Waals surface area contributed by atoms with Crippen LogP contribution in [0.5, 0.6) is 0 Å². The van der Waals surface area contributed by atoms with Crippen LogP contribution in [0.3, 0.4) is 0 Å². The maximum atomic E-state index is 13.4. The topological polar surface area (TPSA) is 62.1 Å². The van der Waals surface area contributed by atoms with Crippen LogP contribution in [0, 0.1) is 5.82 Å². The molecule has 6 heteroatoms. The number of halogens is 1. The predicted molar refractivity (Wildman–Crippen MR) is 76.6 cm³/mol. The summed E-state index contributed by atoms with van der Waals surface area (Å²) in [6, 6.07) is 4.22. The quantitative estimate of drug-likeness (QED) is 0.786. The Balaban J connectivity index is 1.94. The number of likely N-dealkylation sites (tertiary alicyclic amines) is 1. The summed E-state index contributed by atoms with van der Waals surface area (Å²) in [4.78, 5) is 16.9. The maximum absolute atomic E-state index is 13.4. The van der Waals surface area contributed by atoms with Crippen molar-refractivity contribution in [2.75, 3.05) is 13.1 Å². The Labute approximate surface area is 119 Å². The first-order chi connectivity index (χ1) is 10.2. The second kappa shape index (κ2) is 4.66. The van der Waals surface area contributed by atoms with Gasteiger partial charge in [0.1, 0.15) is 11.5 Å². The van der Waals surface area contributed by atoms with Crippen molar-refractivity contribution in [1.29, 1.82) is 0 Å². The fourth-order valence-electron chi connectivity index (χ4n) is 3.04. The first-order valence-corrected chi connectivity index (χ1v) is 7.04. The van der Waals surface area contributed by atoms with E-state index in [0.717, 1.165) is 24.2 Å². The van der Waals surface area contributed by atoms with Gasteiger partial charge in [-0.25, -0.2) is 4.39 Å². The summed E-state index contributed by atoms with van der Waals surface area (Å²) in [5.41, 5.74) is 0.786. The molecular formula is C15H14FN3O2. The molecule has 108 valence electrons. The Morgan fingerprint density at radius 1 is 1.29 bits per heavy atom. The van der Waals surface area contributed by atoms with E-state index in [1.54, 1.807) is 6.07 Å². The summed E-state index contributed by atoms with van der Waals surface area (Å²) < 4.78 is 18.6. The van der Waals surface area contributed by atoms with Crippen LogP contribution in [0.15, 0.2) is 27.5 Å². The van der Waals surface area contributed by atoms with Gasteiger partial charge >= 0.3 is 0 Å². The SMILES string of the molecule is O=c1[nH]c2onc(CN3CCCC3)c2c2ccc(F)cc12. The molecule has 0 atom stereocenters. The summed E-state index contributed by atoms with van der Waals surface area (Å²) in [5.74, 6) is -0.426. The van der Waals surface area contributed by atoms with Crippen molar-refractivity contribution in [3.63, 3.8) is 0 Å². The van der Waals surface area contributed by atoms with E-state index >= 15 is 0 Å². The van der Waals surface area contributed by atoms with Gasteiger partial charge in [-0.15, -0.1) is 0 Å². The molecule has 1 aliphatic heterocycles. The molecule has 4 rings (SSSR count). The highest BCUT2D eigenvalue weighted by Gasteiger charge is 2.19. The third kappa shape index (κ3) is 2.03. The van der Waals surface area contributed by atoms with E-state index in [1.165, 1.54) is 25.0 Å². The molecule has 0 unspecified atom stereocenters. The standard InChI is InChI=1S/C15H14FN3O2/c16-9-3-4-10-11(7-9)14(20)17-15-13(10)12(18-21-15)8-19-5-1-2-6-19/h3-4,7H,1-2,5-6,8H2,(H,17,20). The van der Waals surface area contributed by atoms with Gasteiger partial charge < -0.3 is 4.52 Å². The van der Waals surface area contributed by atoms with Crippen LogP contribution in [-0.4, -0.2) is 28.1 Å². The normalized spacial score (nSPS) is 16.2. The summed E-state index contributed by atoms with van der Waals surface area (Å²) in [5, 5.41) is 5.88. The molecular weight excluding hydrogens is 273 g/mol. The lowest BCUT2D eigenvalue weighted by atomic mass is 10.1. The number of rotatable bonds is 2. The van der Waals surface area contributed by atoms with Gasteiger partial charge in [0, 0.05) is 11.9 Å². The van der Waals surface area contributed by atoms with Gasteiger partial charge in [-0.3, -0.25) is 14.7 Å². The van der Waals surface area contributed by atoms with Crippen LogP contribution in [0.2, 0.25) is 0 Å². The van der Waals surface area contributed by atoms with Gasteiger partial charge in [-0.05, 0) is 38.1 Å². The zero-order valence-electron chi connectivity index (χ0n) is 11.4. The Morgan fingerprint density at radius 3 is 2.90 bits per heavy atom. The van der Waals surface area contributed by atoms with Crippen molar-refractivity contribution < 1.29 is 8.91 Å². The maximum Gasteiger partial charge on any atom is 0.258 e. The smallest absolute Gasteiger partial charge is 0.258 e. The minimum absolute atomic E-state index is 0.327. The zero-order valence-corrected chi connectivity index (χ0v) is 11.4. The van der Waals surface area contributed by atoms with E-state index < -0.39 is 5.82 Å². The number of benzene rings is 1. The second-order valence-corrected chi connectivity index (χ2v) is 5.46. The molecule has 3 aromatic rings. The first kappa shape index (κ1) is 12.5. The van der Waals surface area contributed by atoms with Crippen molar-refractivity contribution in [3.8, 4) is 0 Å². The number of hydrogen-bond donors (Lipinski definition) is 1. The molecule has 5 nitrogen and oxygen atoms in total. The summed E-state index contributed by atoms with van der Waals surface area (Å²) in [6.07, 6.45) is 2.39. The lowest BCUT2D eigenvalue weighted by Gasteiger charge is -2.12. The van der Waals surface area contributed by atoms with Crippen molar-refractivity contribution in [1.82, 2.24) is 15.0 Å². The van der Waals surface area contributed by atoms with E-state index in [-0.39, 0.29) is 5.56 Å². The molecule has 1 saturated heterocycles. The highest BCUT2D eigenvalue weighted by molar-refractivity contribution is 6.04. The predicted octanol–water partition coefficient (Wildman–Crippen LogP) is 2.40. The third-order valence-corrected chi connectivity index (χ3v) is 4.06. The van der Waals surface area contributed by atoms with E-state index in [2.05, 4.69) is 15.0 Å². The number of fused-ring (bicyclic) bond motifs is 3. The van der Waals surface area contributed by atoms with Gasteiger partial charge in [0.2, 0.25) is 5.71 Å². The fourth-order valence-corrected chi connectivity index (χ4v) is 3.04. The van der Waals surface area contributed by atoms with E-state index in [9.17, 15) is 9.18 Å². The van der Waals surface area contributed by atoms with Gasteiger partial charge in [-0.2, -0.15) is 0 Å². The number of H-pyrrole nitrogens is 1. The second-order valence-electron chi connectivity index (χ2n) is 5.46. The number of nitrogens with zero attached hydrogens (tertiary/aromatic N) is 2.